The van der Waals surface area contributed by atoms with Crippen LogP contribution >= 0.6 is 11.6 Å². The van der Waals surface area contributed by atoms with Gasteiger partial charge < -0.3 is 10.1 Å². The van der Waals surface area contributed by atoms with Gasteiger partial charge in [0.2, 0.25) is 5.91 Å². The van der Waals surface area contributed by atoms with E-state index in [1.807, 2.05) is 0 Å². The number of nitrogens with zero attached hydrogens (tertiary/aromatic N) is 3. The van der Waals surface area contributed by atoms with Crippen molar-refractivity contribution in [1.29, 1.82) is 0 Å². The zero-order chi connectivity index (χ0) is 23.5. The molecule has 3 rings (SSSR count). The minimum atomic E-state index is -4.59. The topological polar surface area (TPSA) is 94.7 Å². The van der Waals surface area contributed by atoms with E-state index in [1.165, 1.54) is 46.5 Å². The highest BCUT2D eigenvalue weighted by atomic mass is 35.5. The fourth-order valence-corrected chi connectivity index (χ4v) is 3.20. The van der Waals surface area contributed by atoms with Gasteiger partial charge >= 0.3 is 17.8 Å². The van der Waals surface area contributed by atoms with Crippen LogP contribution in [0.4, 0.5) is 19.0 Å². The Balaban J connectivity index is 1.77. The number of amides is 1. The van der Waals surface area contributed by atoms with Crippen molar-refractivity contribution in [2.45, 2.75) is 32.5 Å². The molecule has 1 N–H and O–H groups in total. The molecule has 12 heteroatoms. The maximum Gasteiger partial charge on any atom is 0.417 e. The second-order valence-corrected chi connectivity index (χ2v) is 7.24. The molecule has 0 saturated heterocycles. The van der Waals surface area contributed by atoms with Crippen LogP contribution in [0.15, 0.2) is 41.5 Å². The van der Waals surface area contributed by atoms with Crippen LogP contribution in [0.1, 0.15) is 24.5 Å². The van der Waals surface area contributed by atoms with E-state index in [-0.39, 0.29) is 37.5 Å². The summed E-state index contributed by atoms with van der Waals surface area (Å²) in [5.41, 5.74) is -0.838. The lowest BCUT2D eigenvalue weighted by Crippen LogP contribution is -2.29. The number of rotatable bonds is 7. The van der Waals surface area contributed by atoms with E-state index in [2.05, 4.69) is 10.3 Å². The van der Waals surface area contributed by atoms with Crippen LogP contribution in [0, 0.1) is 0 Å². The molecule has 32 heavy (non-hydrogen) atoms. The number of fused-ring (bicyclic) bond motifs is 1. The Bertz CT molecular complexity index is 1220. The van der Waals surface area contributed by atoms with Crippen molar-refractivity contribution in [3.63, 3.8) is 0 Å². The van der Waals surface area contributed by atoms with Crippen molar-refractivity contribution in [2.24, 2.45) is 0 Å². The number of anilines is 1. The number of ether oxygens (including phenoxy) is 1. The number of alkyl halides is 3. The van der Waals surface area contributed by atoms with Gasteiger partial charge in [-0.15, -0.1) is 0 Å². The molecular weight excluding hydrogens is 453 g/mol. The van der Waals surface area contributed by atoms with Gasteiger partial charge in [-0.3, -0.25) is 14.2 Å². The average Bonchev–Trinajstić information content (AvgIpc) is 3.10. The lowest BCUT2D eigenvalue weighted by molar-refractivity contribution is -0.141. The van der Waals surface area contributed by atoms with Gasteiger partial charge in [0.15, 0.2) is 0 Å². The molecule has 0 saturated carbocycles. The van der Waals surface area contributed by atoms with Crippen LogP contribution in [0.2, 0.25) is 5.02 Å². The summed E-state index contributed by atoms with van der Waals surface area (Å²) in [6.07, 6.45) is -3.28. The Kier molecular flexibility index (Phi) is 6.87. The maximum absolute atomic E-state index is 13.0. The van der Waals surface area contributed by atoms with Crippen LogP contribution in [-0.4, -0.2) is 32.4 Å². The van der Waals surface area contributed by atoms with E-state index < -0.39 is 34.3 Å². The highest BCUT2D eigenvalue weighted by molar-refractivity contribution is 6.31. The van der Waals surface area contributed by atoms with Gasteiger partial charge in [-0.1, -0.05) is 17.7 Å². The molecule has 0 radical (unpaired) electrons. The van der Waals surface area contributed by atoms with E-state index >= 15 is 0 Å². The van der Waals surface area contributed by atoms with Crippen molar-refractivity contribution >= 4 is 34.9 Å². The molecule has 0 atom stereocenters. The van der Waals surface area contributed by atoms with Crippen LogP contribution < -0.4 is 11.0 Å². The molecule has 0 aliphatic carbocycles. The lowest BCUT2D eigenvalue weighted by atomic mass is 10.1. The largest absolute Gasteiger partial charge is 0.465 e. The minimum Gasteiger partial charge on any atom is -0.465 e. The number of carbonyl (C=O) groups excluding carboxylic acids is 2. The average molecular weight is 471 g/mol. The first-order valence-electron chi connectivity index (χ1n) is 9.42. The minimum absolute atomic E-state index is 0.0543. The van der Waals surface area contributed by atoms with Crippen molar-refractivity contribution in [2.75, 3.05) is 11.9 Å². The number of benzene rings is 1. The predicted molar refractivity (Wildman–Crippen MR) is 109 cm³/mol. The summed E-state index contributed by atoms with van der Waals surface area (Å²) in [6, 6.07) is 6.59. The molecule has 0 unspecified atom stereocenters. The third kappa shape index (κ3) is 5.47. The van der Waals surface area contributed by atoms with E-state index in [9.17, 15) is 27.6 Å². The fraction of sp³-hybridized carbons (Fsp3) is 0.300. The highest BCUT2D eigenvalue weighted by Gasteiger charge is 2.33. The molecule has 1 amide bonds. The first kappa shape index (κ1) is 23.3. The number of carbonyl (C=O) groups is 2. The summed E-state index contributed by atoms with van der Waals surface area (Å²) < 4.78 is 46.3. The number of hydrogen-bond acceptors (Lipinski definition) is 5. The van der Waals surface area contributed by atoms with Crippen molar-refractivity contribution in [3.8, 4) is 0 Å². The summed E-state index contributed by atoms with van der Waals surface area (Å²) in [6.45, 7) is 1.17. The van der Waals surface area contributed by atoms with E-state index in [4.69, 9.17) is 16.3 Å². The van der Waals surface area contributed by atoms with E-state index in [0.29, 0.717) is 5.56 Å². The second kappa shape index (κ2) is 9.43. The van der Waals surface area contributed by atoms with Gasteiger partial charge in [-0.25, -0.2) is 14.2 Å². The van der Waals surface area contributed by atoms with E-state index in [1.54, 1.807) is 0 Å². The van der Waals surface area contributed by atoms with Crippen molar-refractivity contribution in [3.05, 3.63) is 63.3 Å². The number of esters is 1. The van der Waals surface area contributed by atoms with Gasteiger partial charge in [0.1, 0.15) is 24.4 Å². The maximum atomic E-state index is 13.0. The van der Waals surface area contributed by atoms with Crippen LogP contribution in [0.25, 0.3) is 5.65 Å². The Labute approximate surface area is 184 Å². The number of aromatic nitrogens is 3. The number of halogens is 4. The lowest BCUT2D eigenvalue weighted by Gasteiger charge is -2.12. The zero-order valence-electron chi connectivity index (χ0n) is 16.8. The van der Waals surface area contributed by atoms with Crippen molar-refractivity contribution < 1.29 is 27.5 Å². The molecule has 0 bridgehead atoms. The molecule has 2 aromatic heterocycles. The summed E-state index contributed by atoms with van der Waals surface area (Å²) in [5, 5.41) is 2.15. The van der Waals surface area contributed by atoms with Crippen LogP contribution in [-0.2, 0) is 33.5 Å². The number of aryl methyl sites for hydroxylation is 2. The third-order valence-corrected chi connectivity index (χ3v) is 4.84. The monoisotopic (exact) mass is 470 g/mol. The zero-order valence-corrected chi connectivity index (χ0v) is 17.5. The Morgan fingerprint density at radius 3 is 2.66 bits per heavy atom. The summed E-state index contributed by atoms with van der Waals surface area (Å²) in [5.74, 6) is -0.812. The summed E-state index contributed by atoms with van der Waals surface area (Å²) in [7, 11) is 0. The Hall–Kier alpha value is -3.34. The predicted octanol–water partition coefficient (Wildman–Crippen LogP) is 3.30. The molecule has 1 aromatic carbocycles. The summed E-state index contributed by atoms with van der Waals surface area (Å²) in [4.78, 5) is 39.8. The van der Waals surface area contributed by atoms with Crippen LogP contribution in [0.3, 0.4) is 0 Å². The first-order valence-corrected chi connectivity index (χ1v) is 9.80. The van der Waals surface area contributed by atoms with Gasteiger partial charge in [0, 0.05) is 13.5 Å². The first-order chi connectivity index (χ1) is 15.1. The normalized spacial score (nSPS) is 11.5. The highest BCUT2D eigenvalue weighted by Crippen LogP contribution is 2.35. The molecule has 0 spiro atoms. The Morgan fingerprint density at radius 1 is 1.22 bits per heavy atom. The second-order valence-electron chi connectivity index (χ2n) is 6.83. The molecule has 2 heterocycles. The molecular formula is C20H18ClF3N4O4. The molecule has 8 nitrogen and oxygen atoms in total. The molecule has 170 valence electrons. The summed E-state index contributed by atoms with van der Waals surface area (Å²) >= 11 is 5.63. The van der Waals surface area contributed by atoms with Crippen LogP contribution in [0.5, 0.6) is 0 Å². The standard InChI is InChI=1S/C20H18ClF3N4O4/c1-12(29)32-9-7-18(30)26-17-5-4-16-25-11-27(19(31)28(16)17)8-6-13-2-3-15(21)14(10-13)20(22,23)24/h2-5,10-11H,6-9H2,1H3,(H,26,30). The van der Waals surface area contributed by atoms with E-state index in [0.717, 1.165) is 6.07 Å². The molecule has 0 aliphatic heterocycles. The SMILES string of the molecule is CC(=O)OCCC(=O)Nc1ccc2ncn(CCc3ccc(Cl)c(C(F)(F)F)c3)c(=O)n12. The Morgan fingerprint density at radius 2 is 1.97 bits per heavy atom. The molecule has 0 fully saturated rings. The van der Waals surface area contributed by atoms with Crippen molar-refractivity contribution in [1.82, 2.24) is 14.0 Å². The fourth-order valence-electron chi connectivity index (χ4n) is 2.97. The number of hydrogen-bond donors (Lipinski definition) is 1. The molecule has 0 aliphatic rings. The third-order valence-electron chi connectivity index (χ3n) is 4.51. The quantitative estimate of drug-likeness (QED) is 0.535. The molecule has 3 aromatic rings. The smallest absolute Gasteiger partial charge is 0.417 e. The van der Waals surface area contributed by atoms with Gasteiger partial charge in [-0.05, 0) is 36.2 Å². The van der Waals surface area contributed by atoms with Gasteiger partial charge in [0.05, 0.1) is 17.0 Å². The number of nitrogens with one attached hydrogen (secondary N) is 1. The van der Waals surface area contributed by atoms with Gasteiger partial charge in [0.25, 0.3) is 0 Å². The van der Waals surface area contributed by atoms with Gasteiger partial charge in [-0.2, -0.15) is 13.2 Å².